The summed E-state index contributed by atoms with van der Waals surface area (Å²) in [4.78, 5) is 0. The molecule has 1 saturated heterocycles. The van der Waals surface area contributed by atoms with E-state index in [0.29, 0.717) is 12.4 Å². The fourth-order valence-electron chi connectivity index (χ4n) is 1.85. The standard InChI is InChI=1S/C13H14FNO2/c14-12-5-3-6-13(11(12)8-15)17-9-10-4-1-2-7-16-10/h3,5-6,10H,1-2,4,7,9H2. The van der Waals surface area contributed by atoms with Crippen LogP contribution >= 0.6 is 0 Å². The lowest BCUT2D eigenvalue weighted by atomic mass is 10.1. The van der Waals surface area contributed by atoms with E-state index in [1.165, 1.54) is 12.1 Å². The van der Waals surface area contributed by atoms with Crippen LogP contribution in [0.25, 0.3) is 0 Å². The zero-order valence-electron chi connectivity index (χ0n) is 9.49. The van der Waals surface area contributed by atoms with Crippen molar-refractivity contribution in [1.29, 1.82) is 5.26 Å². The van der Waals surface area contributed by atoms with Gasteiger partial charge in [-0.3, -0.25) is 0 Å². The fraction of sp³-hybridized carbons (Fsp3) is 0.462. The summed E-state index contributed by atoms with van der Waals surface area (Å²) in [5.41, 5.74) is -0.0386. The molecule has 1 aromatic rings. The Labute approximate surface area is 99.8 Å². The van der Waals surface area contributed by atoms with Crippen molar-refractivity contribution in [3.63, 3.8) is 0 Å². The Morgan fingerprint density at radius 3 is 3.06 bits per heavy atom. The molecule has 3 nitrogen and oxygen atoms in total. The summed E-state index contributed by atoms with van der Waals surface area (Å²) in [5, 5.41) is 8.83. The van der Waals surface area contributed by atoms with Gasteiger partial charge in [-0.1, -0.05) is 6.07 Å². The summed E-state index contributed by atoms with van der Waals surface area (Å²) in [7, 11) is 0. The maximum Gasteiger partial charge on any atom is 0.144 e. The molecule has 2 rings (SSSR count). The first kappa shape index (κ1) is 11.9. The predicted octanol–water partition coefficient (Wildman–Crippen LogP) is 2.65. The summed E-state index contributed by atoms with van der Waals surface area (Å²) in [5.74, 6) is -0.253. The highest BCUT2D eigenvalue weighted by molar-refractivity contribution is 5.43. The van der Waals surface area contributed by atoms with E-state index in [9.17, 15) is 4.39 Å². The van der Waals surface area contributed by atoms with Crippen LogP contribution in [0.2, 0.25) is 0 Å². The van der Waals surface area contributed by atoms with E-state index in [0.717, 1.165) is 25.9 Å². The molecular weight excluding hydrogens is 221 g/mol. The summed E-state index contributed by atoms with van der Waals surface area (Å²) < 4.78 is 24.2. The van der Waals surface area contributed by atoms with Crippen LogP contribution < -0.4 is 4.74 Å². The molecule has 17 heavy (non-hydrogen) atoms. The second-order valence-electron chi connectivity index (χ2n) is 4.02. The lowest BCUT2D eigenvalue weighted by molar-refractivity contribution is -0.0111. The number of hydrogen-bond donors (Lipinski definition) is 0. The van der Waals surface area contributed by atoms with Crippen LogP contribution in [0.4, 0.5) is 4.39 Å². The van der Waals surface area contributed by atoms with Crippen molar-refractivity contribution in [1.82, 2.24) is 0 Å². The Hall–Kier alpha value is -1.60. The van der Waals surface area contributed by atoms with Crippen LogP contribution in [-0.4, -0.2) is 19.3 Å². The average molecular weight is 235 g/mol. The largest absolute Gasteiger partial charge is 0.489 e. The lowest BCUT2D eigenvalue weighted by Crippen LogP contribution is -2.26. The highest BCUT2D eigenvalue weighted by Crippen LogP contribution is 2.21. The number of nitrogens with zero attached hydrogens (tertiary/aromatic N) is 1. The van der Waals surface area contributed by atoms with Crippen LogP contribution in [0.15, 0.2) is 18.2 Å². The molecule has 1 heterocycles. The van der Waals surface area contributed by atoms with Gasteiger partial charge in [0.05, 0.1) is 6.10 Å². The van der Waals surface area contributed by atoms with Crippen molar-refractivity contribution in [2.24, 2.45) is 0 Å². The highest BCUT2D eigenvalue weighted by Gasteiger charge is 2.16. The smallest absolute Gasteiger partial charge is 0.144 e. The first-order valence-electron chi connectivity index (χ1n) is 5.74. The van der Waals surface area contributed by atoms with E-state index in [1.54, 1.807) is 6.07 Å². The molecule has 90 valence electrons. The van der Waals surface area contributed by atoms with Crippen molar-refractivity contribution in [3.05, 3.63) is 29.6 Å². The quantitative estimate of drug-likeness (QED) is 0.808. The van der Waals surface area contributed by atoms with Crippen molar-refractivity contribution < 1.29 is 13.9 Å². The molecule has 0 aromatic heterocycles. The van der Waals surface area contributed by atoms with Crippen LogP contribution in [0, 0.1) is 17.1 Å². The summed E-state index contributed by atoms with van der Waals surface area (Å²) in [6.07, 6.45) is 3.22. The van der Waals surface area contributed by atoms with Gasteiger partial charge in [0.15, 0.2) is 0 Å². The number of halogens is 1. The number of ether oxygens (including phenoxy) is 2. The second kappa shape index (κ2) is 5.65. The van der Waals surface area contributed by atoms with Gasteiger partial charge in [-0.2, -0.15) is 5.26 Å². The number of nitriles is 1. The zero-order chi connectivity index (χ0) is 12.1. The van der Waals surface area contributed by atoms with E-state index in [-0.39, 0.29) is 11.7 Å². The summed E-state index contributed by atoms with van der Waals surface area (Å²) in [6.45, 7) is 1.13. The molecule has 1 aliphatic rings. The minimum Gasteiger partial charge on any atom is -0.489 e. The van der Waals surface area contributed by atoms with Crippen LogP contribution in [0.3, 0.4) is 0 Å². The summed E-state index contributed by atoms with van der Waals surface area (Å²) >= 11 is 0. The van der Waals surface area contributed by atoms with E-state index < -0.39 is 5.82 Å². The molecule has 1 unspecified atom stereocenters. The van der Waals surface area contributed by atoms with Crippen LogP contribution in [0.5, 0.6) is 5.75 Å². The lowest BCUT2D eigenvalue weighted by Gasteiger charge is -2.22. The molecule has 1 aliphatic heterocycles. The molecule has 0 radical (unpaired) electrons. The van der Waals surface area contributed by atoms with Gasteiger partial charge >= 0.3 is 0 Å². The molecule has 0 spiro atoms. The van der Waals surface area contributed by atoms with Crippen molar-refractivity contribution in [2.45, 2.75) is 25.4 Å². The minimum atomic E-state index is -0.547. The SMILES string of the molecule is N#Cc1c(F)cccc1OCC1CCCCO1. The molecule has 0 aliphatic carbocycles. The molecule has 0 saturated carbocycles. The van der Waals surface area contributed by atoms with Gasteiger partial charge in [-0.25, -0.2) is 4.39 Å². The maximum atomic E-state index is 13.3. The molecular formula is C13H14FNO2. The van der Waals surface area contributed by atoms with Crippen molar-refractivity contribution in [3.8, 4) is 11.8 Å². The van der Waals surface area contributed by atoms with E-state index in [1.807, 2.05) is 6.07 Å². The van der Waals surface area contributed by atoms with E-state index in [4.69, 9.17) is 14.7 Å². The Morgan fingerprint density at radius 1 is 1.47 bits per heavy atom. The molecule has 0 N–H and O–H groups in total. The summed E-state index contributed by atoms with van der Waals surface area (Å²) in [6, 6.07) is 6.20. The van der Waals surface area contributed by atoms with Gasteiger partial charge < -0.3 is 9.47 Å². The van der Waals surface area contributed by atoms with Gasteiger partial charge in [0, 0.05) is 6.61 Å². The van der Waals surface area contributed by atoms with E-state index in [2.05, 4.69) is 0 Å². The Balaban J connectivity index is 1.99. The topological polar surface area (TPSA) is 42.2 Å². The van der Waals surface area contributed by atoms with Gasteiger partial charge in [-0.05, 0) is 31.4 Å². The Kier molecular flexibility index (Phi) is 3.94. The number of benzene rings is 1. The third-order valence-corrected chi connectivity index (χ3v) is 2.79. The fourth-order valence-corrected chi connectivity index (χ4v) is 1.85. The number of hydrogen-bond acceptors (Lipinski definition) is 3. The highest BCUT2D eigenvalue weighted by atomic mass is 19.1. The van der Waals surface area contributed by atoms with Gasteiger partial charge in [0.1, 0.15) is 29.8 Å². The third-order valence-electron chi connectivity index (χ3n) is 2.79. The molecule has 0 amide bonds. The molecule has 1 aromatic carbocycles. The molecule has 1 fully saturated rings. The Bertz CT molecular complexity index is 422. The maximum absolute atomic E-state index is 13.3. The first-order valence-corrected chi connectivity index (χ1v) is 5.74. The van der Waals surface area contributed by atoms with Crippen molar-refractivity contribution in [2.75, 3.05) is 13.2 Å². The molecule has 4 heteroatoms. The predicted molar refractivity (Wildman–Crippen MR) is 60.2 cm³/mol. The van der Waals surface area contributed by atoms with Crippen LogP contribution in [-0.2, 0) is 4.74 Å². The van der Waals surface area contributed by atoms with Gasteiger partial charge in [0.25, 0.3) is 0 Å². The van der Waals surface area contributed by atoms with Crippen LogP contribution in [0.1, 0.15) is 24.8 Å². The average Bonchev–Trinajstić information content (AvgIpc) is 2.37. The third kappa shape index (κ3) is 2.95. The first-order chi connectivity index (χ1) is 8.31. The molecule has 1 atom stereocenters. The minimum absolute atomic E-state index is 0.0386. The van der Waals surface area contributed by atoms with Gasteiger partial charge in [-0.15, -0.1) is 0 Å². The Morgan fingerprint density at radius 2 is 2.35 bits per heavy atom. The monoisotopic (exact) mass is 235 g/mol. The second-order valence-corrected chi connectivity index (χ2v) is 4.02. The van der Waals surface area contributed by atoms with E-state index >= 15 is 0 Å². The van der Waals surface area contributed by atoms with Gasteiger partial charge in [0.2, 0.25) is 0 Å². The normalized spacial score (nSPS) is 19.6. The molecule has 0 bridgehead atoms. The number of rotatable bonds is 3. The van der Waals surface area contributed by atoms with Crippen molar-refractivity contribution >= 4 is 0 Å². The zero-order valence-corrected chi connectivity index (χ0v) is 9.49.